The number of fused-ring (bicyclic) bond motifs is 1. The lowest BCUT2D eigenvalue weighted by atomic mass is 9.75. The van der Waals surface area contributed by atoms with E-state index in [0.29, 0.717) is 53.8 Å². The first-order valence-corrected chi connectivity index (χ1v) is 22.0. The topological polar surface area (TPSA) is 72.5 Å². The van der Waals surface area contributed by atoms with Crippen molar-refractivity contribution in [3.05, 3.63) is 144 Å². The number of esters is 1. The van der Waals surface area contributed by atoms with Gasteiger partial charge in [0.15, 0.2) is 23.0 Å². The Kier molecular flexibility index (Phi) is 12.6. The molecule has 6 atom stereocenters. The van der Waals surface area contributed by atoms with Crippen molar-refractivity contribution >= 4 is 29.5 Å². The van der Waals surface area contributed by atoms with Crippen molar-refractivity contribution < 1.29 is 33.2 Å². The lowest BCUT2D eigenvalue weighted by Crippen LogP contribution is -2.44. The van der Waals surface area contributed by atoms with Gasteiger partial charge in [0.1, 0.15) is 10.7 Å². The molecule has 2 aliphatic heterocycles. The number of carbonyl (C=O) groups is 1. The maximum Gasteiger partial charge on any atom is 0.312 e. The van der Waals surface area contributed by atoms with E-state index in [0.717, 1.165) is 39.3 Å². The molecule has 0 radical (unpaired) electrons. The summed E-state index contributed by atoms with van der Waals surface area (Å²) in [7, 11) is 1.65. The Balaban J connectivity index is 1.25. The molecule has 1 saturated heterocycles. The van der Waals surface area contributed by atoms with Gasteiger partial charge in [0.05, 0.1) is 25.0 Å². The van der Waals surface area contributed by atoms with Crippen LogP contribution in [0.15, 0.2) is 137 Å². The van der Waals surface area contributed by atoms with E-state index in [-0.39, 0.29) is 18.9 Å². The molecule has 5 aromatic rings. The SMILES string of the molecule is COc1cc(C[C@H]2C(=O)O[C@@H](OC3CC(C)CCC3C(C)C)[C@@H]2C(Sc2ccccc2)(Sc2ccccc2)c2ccc3c(c2)OCO3)ccc1OCc1ccccc1. The highest BCUT2D eigenvalue weighted by molar-refractivity contribution is 8.17. The number of methoxy groups -OCH3 is 1. The summed E-state index contributed by atoms with van der Waals surface area (Å²) in [5.41, 5.74) is 2.99. The van der Waals surface area contributed by atoms with E-state index in [4.69, 9.17) is 28.4 Å². The summed E-state index contributed by atoms with van der Waals surface area (Å²) < 4.78 is 37.0. The second-order valence-electron chi connectivity index (χ2n) is 16.0. The van der Waals surface area contributed by atoms with Crippen LogP contribution >= 0.6 is 23.5 Å². The fourth-order valence-electron chi connectivity index (χ4n) is 8.68. The Morgan fingerprint density at radius 1 is 0.759 bits per heavy atom. The zero-order valence-corrected chi connectivity index (χ0v) is 35.2. The van der Waals surface area contributed by atoms with E-state index >= 15 is 0 Å². The van der Waals surface area contributed by atoms with E-state index in [1.54, 1.807) is 30.6 Å². The fraction of sp³-hybridized carbons (Fsp3) is 0.367. The molecule has 7 nitrogen and oxygen atoms in total. The first-order chi connectivity index (χ1) is 28.3. The molecule has 9 heteroatoms. The van der Waals surface area contributed by atoms with Crippen LogP contribution in [0.5, 0.6) is 23.0 Å². The molecule has 302 valence electrons. The number of benzene rings is 5. The Bertz CT molecular complexity index is 2090. The number of hydrogen-bond acceptors (Lipinski definition) is 9. The largest absolute Gasteiger partial charge is 0.493 e. The molecule has 1 saturated carbocycles. The number of thioether (sulfide) groups is 2. The molecule has 2 fully saturated rings. The molecule has 3 aliphatic rings. The predicted octanol–water partition coefficient (Wildman–Crippen LogP) is 11.6. The average Bonchev–Trinajstić information content (AvgIpc) is 3.84. The Morgan fingerprint density at radius 2 is 1.43 bits per heavy atom. The zero-order valence-electron chi connectivity index (χ0n) is 33.6. The van der Waals surface area contributed by atoms with Gasteiger partial charge in [-0.1, -0.05) is 106 Å². The first kappa shape index (κ1) is 40.2. The minimum atomic E-state index is -0.846. The fourth-order valence-corrected chi connectivity index (χ4v) is 12.0. The number of cyclic esters (lactones) is 1. The zero-order chi connectivity index (χ0) is 40.1. The Labute approximate surface area is 351 Å². The number of rotatable bonds is 15. The predicted molar refractivity (Wildman–Crippen MR) is 229 cm³/mol. The van der Waals surface area contributed by atoms with Crippen LogP contribution in [0.2, 0.25) is 0 Å². The van der Waals surface area contributed by atoms with Gasteiger partial charge in [-0.3, -0.25) is 4.79 Å². The van der Waals surface area contributed by atoms with Gasteiger partial charge in [-0.15, -0.1) is 23.5 Å². The molecule has 2 heterocycles. The molecule has 8 rings (SSSR count). The lowest BCUT2D eigenvalue weighted by molar-refractivity contribution is -0.196. The highest BCUT2D eigenvalue weighted by Crippen LogP contribution is 2.63. The summed E-state index contributed by atoms with van der Waals surface area (Å²) in [6.45, 7) is 7.45. The molecule has 1 aliphatic carbocycles. The van der Waals surface area contributed by atoms with Gasteiger partial charge >= 0.3 is 5.97 Å². The number of hydrogen-bond donors (Lipinski definition) is 0. The second kappa shape index (κ2) is 18.1. The van der Waals surface area contributed by atoms with E-state index in [9.17, 15) is 4.79 Å². The van der Waals surface area contributed by atoms with Gasteiger partial charge in [0, 0.05) is 9.79 Å². The van der Waals surface area contributed by atoms with Crippen molar-refractivity contribution in [1.82, 2.24) is 0 Å². The van der Waals surface area contributed by atoms with Crippen molar-refractivity contribution in [2.24, 2.45) is 29.6 Å². The van der Waals surface area contributed by atoms with Gasteiger partial charge in [0.25, 0.3) is 0 Å². The molecule has 0 bridgehead atoms. The maximum absolute atomic E-state index is 14.8. The Morgan fingerprint density at radius 3 is 2.10 bits per heavy atom. The molecule has 0 aromatic heterocycles. The van der Waals surface area contributed by atoms with Crippen LogP contribution in [-0.4, -0.2) is 32.3 Å². The highest BCUT2D eigenvalue weighted by Gasteiger charge is 2.59. The van der Waals surface area contributed by atoms with Crippen LogP contribution in [0.4, 0.5) is 0 Å². The van der Waals surface area contributed by atoms with Crippen molar-refractivity contribution in [2.45, 2.75) is 79.3 Å². The third kappa shape index (κ3) is 8.87. The average molecular weight is 817 g/mol. The van der Waals surface area contributed by atoms with Crippen LogP contribution in [0.3, 0.4) is 0 Å². The van der Waals surface area contributed by atoms with Crippen LogP contribution < -0.4 is 18.9 Å². The van der Waals surface area contributed by atoms with E-state index in [1.807, 2.05) is 66.7 Å². The lowest BCUT2D eigenvalue weighted by Gasteiger charge is -2.44. The van der Waals surface area contributed by atoms with Crippen LogP contribution in [0.25, 0.3) is 0 Å². The summed E-state index contributed by atoms with van der Waals surface area (Å²) in [6, 6.07) is 43.1. The highest BCUT2D eigenvalue weighted by atomic mass is 32.2. The van der Waals surface area contributed by atoms with Gasteiger partial charge in [-0.05, 0) is 102 Å². The molecular weight excluding hydrogens is 765 g/mol. The van der Waals surface area contributed by atoms with Gasteiger partial charge in [0.2, 0.25) is 13.1 Å². The second-order valence-corrected chi connectivity index (χ2v) is 18.9. The summed E-state index contributed by atoms with van der Waals surface area (Å²) in [4.78, 5) is 16.9. The van der Waals surface area contributed by atoms with E-state index in [1.165, 1.54) is 6.42 Å². The minimum absolute atomic E-state index is 0.0538. The quantitative estimate of drug-likeness (QED) is 0.0583. The number of carbonyl (C=O) groups excluding carboxylic acids is 1. The third-order valence-electron chi connectivity index (χ3n) is 11.7. The molecule has 0 amide bonds. The number of ether oxygens (including phenoxy) is 6. The molecular formula is C49H52O7S2. The third-order valence-corrected chi connectivity index (χ3v) is 14.8. The van der Waals surface area contributed by atoms with Gasteiger partial charge in [-0.25, -0.2) is 0 Å². The van der Waals surface area contributed by atoms with Crippen LogP contribution in [0, 0.1) is 29.6 Å². The van der Waals surface area contributed by atoms with Crippen LogP contribution in [0.1, 0.15) is 56.7 Å². The molecule has 3 unspecified atom stereocenters. The van der Waals surface area contributed by atoms with Crippen molar-refractivity contribution in [3.63, 3.8) is 0 Å². The molecule has 5 aromatic carbocycles. The van der Waals surface area contributed by atoms with E-state index in [2.05, 4.69) is 81.4 Å². The van der Waals surface area contributed by atoms with Crippen molar-refractivity contribution in [2.75, 3.05) is 13.9 Å². The van der Waals surface area contributed by atoms with Crippen LogP contribution in [-0.2, 0) is 31.4 Å². The summed E-state index contributed by atoms with van der Waals surface area (Å²) in [5.74, 6) is 2.62. The smallest absolute Gasteiger partial charge is 0.312 e. The molecule has 0 spiro atoms. The molecule has 58 heavy (non-hydrogen) atoms. The van der Waals surface area contributed by atoms with E-state index < -0.39 is 22.2 Å². The monoisotopic (exact) mass is 816 g/mol. The van der Waals surface area contributed by atoms with Gasteiger partial charge in [-0.2, -0.15) is 0 Å². The van der Waals surface area contributed by atoms with Crippen molar-refractivity contribution in [1.29, 1.82) is 0 Å². The summed E-state index contributed by atoms with van der Waals surface area (Å²) in [5, 5.41) is 0. The summed E-state index contributed by atoms with van der Waals surface area (Å²) >= 11 is 3.48. The standard InChI is InChI=1S/C49H52O7S2/c1-32(2)39-23-20-33(3)26-43(39)55-48-46(40(47(50)56-48)27-35-21-24-41(44(28-35)51-4)52-30-34-14-8-5-9-15-34)49(57-37-16-10-6-11-17-37,58-38-18-12-7-13-19-38)36-22-25-42-45(29-36)54-31-53-42/h5-19,21-22,24-25,28-29,32-33,39-40,43,46,48H,20,23,26-27,30-31H2,1-4H3/t33?,39?,40-,43?,46-,48-/m1/s1. The van der Waals surface area contributed by atoms with Gasteiger partial charge < -0.3 is 28.4 Å². The first-order valence-electron chi connectivity index (χ1n) is 20.4. The molecule has 0 N–H and O–H groups in total. The normalized spacial score (nSPS) is 22.8. The minimum Gasteiger partial charge on any atom is -0.493 e. The van der Waals surface area contributed by atoms with Crippen molar-refractivity contribution in [3.8, 4) is 23.0 Å². The summed E-state index contributed by atoms with van der Waals surface area (Å²) in [6.07, 6.45) is 2.71. The maximum atomic E-state index is 14.8. The Hall–Kier alpha value is -4.57.